The number of pyridine rings is 1. The average molecular weight is 317 g/mol. The van der Waals surface area contributed by atoms with Gasteiger partial charge in [-0.1, -0.05) is 19.9 Å². The monoisotopic (exact) mass is 317 g/mol. The van der Waals surface area contributed by atoms with Crippen LogP contribution >= 0.6 is 0 Å². The van der Waals surface area contributed by atoms with Crippen molar-refractivity contribution in [3.63, 3.8) is 0 Å². The van der Waals surface area contributed by atoms with Crippen molar-refractivity contribution >= 4 is 11.9 Å². The second-order valence-electron chi connectivity index (χ2n) is 5.86. The van der Waals surface area contributed by atoms with Crippen LogP contribution in [-0.4, -0.2) is 38.8 Å². The van der Waals surface area contributed by atoms with E-state index in [1.54, 1.807) is 6.92 Å². The second kappa shape index (κ2) is 7.82. The van der Waals surface area contributed by atoms with Gasteiger partial charge in [-0.15, -0.1) is 5.10 Å². The van der Waals surface area contributed by atoms with E-state index in [9.17, 15) is 4.79 Å². The van der Waals surface area contributed by atoms with Gasteiger partial charge >= 0.3 is 0 Å². The summed E-state index contributed by atoms with van der Waals surface area (Å²) in [6, 6.07) is 5.62. The molecule has 0 aliphatic rings. The molecule has 0 radical (unpaired) electrons. The lowest BCUT2D eigenvalue weighted by atomic mass is 10.1. The van der Waals surface area contributed by atoms with Gasteiger partial charge in [0.1, 0.15) is 11.8 Å². The molecular formula is C16H23N5O2. The van der Waals surface area contributed by atoms with Gasteiger partial charge in [0.05, 0.1) is 0 Å². The molecule has 0 aliphatic carbocycles. The van der Waals surface area contributed by atoms with E-state index in [0.717, 1.165) is 12.1 Å². The lowest BCUT2D eigenvalue weighted by Crippen LogP contribution is -2.28. The molecule has 2 aromatic heterocycles. The first-order chi connectivity index (χ1) is 11.0. The summed E-state index contributed by atoms with van der Waals surface area (Å²) in [5.74, 6) is 1.00. The molecule has 0 aromatic carbocycles. The summed E-state index contributed by atoms with van der Waals surface area (Å²) < 4.78 is 5.50. The van der Waals surface area contributed by atoms with Gasteiger partial charge < -0.3 is 4.74 Å². The van der Waals surface area contributed by atoms with Crippen LogP contribution in [0.5, 0.6) is 0 Å². The number of ether oxygens (including phenoxy) is 1. The highest BCUT2D eigenvalue weighted by Crippen LogP contribution is 2.13. The molecule has 0 aliphatic heterocycles. The Morgan fingerprint density at radius 1 is 1.30 bits per heavy atom. The Morgan fingerprint density at radius 2 is 2.09 bits per heavy atom. The Balaban J connectivity index is 1.92. The zero-order valence-electron chi connectivity index (χ0n) is 14.0. The van der Waals surface area contributed by atoms with E-state index in [0.29, 0.717) is 24.0 Å². The molecule has 1 amide bonds. The summed E-state index contributed by atoms with van der Waals surface area (Å²) in [6.07, 6.45) is 0.370. The summed E-state index contributed by atoms with van der Waals surface area (Å²) >= 11 is 0. The summed E-state index contributed by atoms with van der Waals surface area (Å²) in [5, 5.41) is 9.40. The number of aromatic nitrogens is 4. The topological polar surface area (TPSA) is 92.8 Å². The Morgan fingerprint density at radius 3 is 2.78 bits per heavy atom. The number of carbonyl (C=O) groups excluding carboxylic acids is 1. The molecule has 1 atom stereocenters. The first-order valence-electron chi connectivity index (χ1n) is 7.74. The van der Waals surface area contributed by atoms with Gasteiger partial charge in [0.25, 0.3) is 5.91 Å². The van der Waals surface area contributed by atoms with Gasteiger partial charge in [-0.2, -0.15) is 4.98 Å². The molecular weight excluding hydrogens is 294 g/mol. The maximum atomic E-state index is 12.0. The standard InChI is InChI=1S/C16H23N5O2/c1-10(2)8-9-23-12(4)15(22)19-16-18-14(20-21-16)13-7-5-6-11(3)17-13/h5-7,10,12H,8-9H2,1-4H3,(H2,18,19,20,21,22). The molecule has 1 unspecified atom stereocenters. The molecule has 2 rings (SSSR count). The van der Waals surface area contributed by atoms with Crippen molar-refractivity contribution < 1.29 is 9.53 Å². The Labute approximate surface area is 135 Å². The number of anilines is 1. The SMILES string of the molecule is Cc1cccc(-c2nc(NC(=O)C(C)OCCC(C)C)n[nH]2)n1. The van der Waals surface area contributed by atoms with Gasteiger partial charge in [-0.05, 0) is 38.3 Å². The van der Waals surface area contributed by atoms with E-state index in [1.807, 2.05) is 25.1 Å². The van der Waals surface area contributed by atoms with Crippen LogP contribution in [0.2, 0.25) is 0 Å². The van der Waals surface area contributed by atoms with E-state index in [4.69, 9.17) is 4.74 Å². The van der Waals surface area contributed by atoms with Crippen molar-refractivity contribution in [1.29, 1.82) is 0 Å². The zero-order chi connectivity index (χ0) is 16.8. The average Bonchev–Trinajstić information content (AvgIpc) is 2.95. The molecule has 2 aromatic rings. The predicted molar refractivity (Wildman–Crippen MR) is 87.8 cm³/mol. The maximum Gasteiger partial charge on any atom is 0.255 e. The first-order valence-corrected chi connectivity index (χ1v) is 7.74. The van der Waals surface area contributed by atoms with Crippen molar-refractivity contribution in [3.05, 3.63) is 23.9 Å². The van der Waals surface area contributed by atoms with Crippen molar-refractivity contribution in [2.45, 2.75) is 40.2 Å². The molecule has 7 nitrogen and oxygen atoms in total. The van der Waals surface area contributed by atoms with Crippen molar-refractivity contribution in [2.75, 3.05) is 11.9 Å². The number of rotatable bonds is 7. The van der Waals surface area contributed by atoms with Gasteiger partial charge in [0, 0.05) is 12.3 Å². The molecule has 2 heterocycles. The fraction of sp³-hybridized carbons (Fsp3) is 0.500. The number of hydrogen-bond donors (Lipinski definition) is 2. The molecule has 0 spiro atoms. The molecule has 0 bridgehead atoms. The number of amides is 1. The van der Waals surface area contributed by atoms with Crippen molar-refractivity contribution in [2.24, 2.45) is 5.92 Å². The molecule has 0 fully saturated rings. The highest BCUT2D eigenvalue weighted by Gasteiger charge is 2.16. The largest absolute Gasteiger partial charge is 0.369 e. The highest BCUT2D eigenvalue weighted by atomic mass is 16.5. The first kappa shape index (κ1) is 17.1. The molecule has 23 heavy (non-hydrogen) atoms. The fourth-order valence-electron chi connectivity index (χ4n) is 1.88. The molecule has 7 heteroatoms. The molecule has 124 valence electrons. The third-order valence-corrected chi connectivity index (χ3v) is 3.28. The van der Waals surface area contributed by atoms with Crippen LogP contribution in [0.15, 0.2) is 18.2 Å². The predicted octanol–water partition coefficient (Wildman–Crippen LogP) is 2.56. The van der Waals surface area contributed by atoms with Crippen LogP contribution in [0, 0.1) is 12.8 Å². The van der Waals surface area contributed by atoms with Crippen LogP contribution in [0.25, 0.3) is 11.5 Å². The van der Waals surface area contributed by atoms with Crippen LogP contribution in [0.1, 0.15) is 32.9 Å². The quantitative estimate of drug-likeness (QED) is 0.818. The van der Waals surface area contributed by atoms with Gasteiger partial charge in [0.15, 0.2) is 5.82 Å². The zero-order valence-corrected chi connectivity index (χ0v) is 14.0. The van der Waals surface area contributed by atoms with Gasteiger partial charge in [-0.25, -0.2) is 4.98 Å². The maximum absolute atomic E-state index is 12.0. The number of hydrogen-bond acceptors (Lipinski definition) is 5. The number of aromatic amines is 1. The van der Waals surface area contributed by atoms with Crippen LogP contribution in [-0.2, 0) is 9.53 Å². The van der Waals surface area contributed by atoms with Crippen LogP contribution < -0.4 is 5.32 Å². The smallest absolute Gasteiger partial charge is 0.255 e. The second-order valence-corrected chi connectivity index (χ2v) is 5.86. The minimum Gasteiger partial charge on any atom is -0.369 e. The summed E-state index contributed by atoms with van der Waals surface area (Å²) in [5.41, 5.74) is 1.57. The minimum absolute atomic E-state index is 0.215. The summed E-state index contributed by atoms with van der Waals surface area (Å²) in [7, 11) is 0. The van der Waals surface area contributed by atoms with E-state index >= 15 is 0 Å². The molecule has 0 saturated heterocycles. The van der Waals surface area contributed by atoms with Gasteiger partial charge in [0.2, 0.25) is 5.95 Å². The Kier molecular flexibility index (Phi) is 5.81. The third-order valence-electron chi connectivity index (χ3n) is 3.28. The summed E-state index contributed by atoms with van der Waals surface area (Å²) in [6.45, 7) is 8.40. The number of carbonyl (C=O) groups is 1. The van der Waals surface area contributed by atoms with E-state index in [2.05, 4.69) is 39.3 Å². The Hall–Kier alpha value is -2.28. The fourth-order valence-corrected chi connectivity index (χ4v) is 1.88. The number of nitrogens with zero attached hydrogens (tertiary/aromatic N) is 3. The lowest BCUT2D eigenvalue weighted by molar-refractivity contribution is -0.126. The van der Waals surface area contributed by atoms with Crippen LogP contribution in [0.3, 0.4) is 0 Å². The number of nitrogens with one attached hydrogen (secondary N) is 2. The van der Waals surface area contributed by atoms with E-state index < -0.39 is 6.10 Å². The van der Waals surface area contributed by atoms with E-state index in [-0.39, 0.29) is 11.9 Å². The normalized spacial score (nSPS) is 12.4. The minimum atomic E-state index is -0.548. The summed E-state index contributed by atoms with van der Waals surface area (Å²) in [4.78, 5) is 20.6. The highest BCUT2D eigenvalue weighted by molar-refractivity contribution is 5.92. The van der Waals surface area contributed by atoms with Crippen molar-refractivity contribution in [1.82, 2.24) is 20.2 Å². The Bertz CT molecular complexity index is 653. The lowest BCUT2D eigenvalue weighted by Gasteiger charge is -2.12. The molecule has 0 saturated carbocycles. The van der Waals surface area contributed by atoms with Gasteiger partial charge in [-0.3, -0.25) is 15.2 Å². The number of H-pyrrole nitrogens is 1. The van der Waals surface area contributed by atoms with Crippen molar-refractivity contribution in [3.8, 4) is 11.5 Å². The number of aryl methyl sites for hydroxylation is 1. The van der Waals surface area contributed by atoms with E-state index in [1.165, 1.54) is 0 Å². The van der Waals surface area contributed by atoms with Crippen LogP contribution in [0.4, 0.5) is 5.95 Å². The molecule has 2 N–H and O–H groups in total. The third kappa shape index (κ3) is 5.14.